The first kappa shape index (κ1) is 14.9. The molecule has 2 aromatic carbocycles. The number of nitrogens with one attached hydrogen (secondary N) is 1. The second-order valence-electron chi connectivity index (χ2n) is 3.93. The van der Waals surface area contributed by atoms with Crippen LogP contribution in [0.3, 0.4) is 0 Å². The van der Waals surface area contributed by atoms with E-state index in [1.54, 1.807) is 0 Å². The van der Waals surface area contributed by atoms with E-state index in [-0.39, 0.29) is 15.7 Å². The zero-order chi connectivity index (χ0) is 14.9. The monoisotopic (exact) mass is 404 g/mol. The maximum atomic E-state index is 13.2. The molecular formula is C13H8Br2F2N2O. The Bertz CT molecular complexity index is 692. The van der Waals surface area contributed by atoms with Crippen molar-refractivity contribution in [3.63, 3.8) is 0 Å². The highest BCUT2D eigenvalue weighted by Crippen LogP contribution is 2.27. The average molecular weight is 406 g/mol. The minimum absolute atomic E-state index is 0.128. The van der Waals surface area contributed by atoms with Crippen LogP contribution in [0, 0.1) is 11.6 Å². The highest BCUT2D eigenvalue weighted by molar-refractivity contribution is 9.11. The van der Waals surface area contributed by atoms with Crippen LogP contribution >= 0.6 is 31.9 Å². The first-order valence-electron chi connectivity index (χ1n) is 5.39. The van der Waals surface area contributed by atoms with E-state index >= 15 is 0 Å². The van der Waals surface area contributed by atoms with Crippen molar-refractivity contribution in [2.24, 2.45) is 0 Å². The highest BCUT2D eigenvalue weighted by Gasteiger charge is 2.14. The number of carbonyl (C=O) groups is 1. The average Bonchev–Trinajstić information content (AvgIpc) is 2.37. The standard InChI is InChI=1S/C13H8Br2F2N2O/c14-8-5-10(17)11(18)4-7(8)13(20)19-12-2-1-6(16)3-9(12)15/h1-5H,18H2,(H,19,20). The molecule has 0 bridgehead atoms. The van der Waals surface area contributed by atoms with Crippen molar-refractivity contribution in [1.82, 2.24) is 0 Å². The molecular weight excluding hydrogens is 398 g/mol. The zero-order valence-electron chi connectivity index (χ0n) is 9.88. The molecule has 0 atom stereocenters. The second-order valence-corrected chi connectivity index (χ2v) is 5.64. The number of nitrogen functional groups attached to an aromatic ring is 1. The fourth-order valence-electron chi connectivity index (χ4n) is 1.52. The number of anilines is 2. The number of amides is 1. The smallest absolute Gasteiger partial charge is 0.256 e. The Morgan fingerprint density at radius 1 is 1.10 bits per heavy atom. The third-order valence-electron chi connectivity index (χ3n) is 2.51. The fourth-order valence-corrected chi connectivity index (χ4v) is 2.47. The summed E-state index contributed by atoms with van der Waals surface area (Å²) in [6, 6.07) is 6.20. The van der Waals surface area contributed by atoms with Gasteiger partial charge in [-0.3, -0.25) is 4.79 Å². The van der Waals surface area contributed by atoms with Crippen LogP contribution in [-0.2, 0) is 0 Å². The maximum Gasteiger partial charge on any atom is 0.256 e. The van der Waals surface area contributed by atoms with Gasteiger partial charge in [-0.05, 0) is 62.2 Å². The third kappa shape index (κ3) is 3.16. The number of nitrogens with two attached hydrogens (primary N) is 1. The molecule has 104 valence electrons. The minimum Gasteiger partial charge on any atom is -0.396 e. The lowest BCUT2D eigenvalue weighted by Crippen LogP contribution is -2.14. The van der Waals surface area contributed by atoms with E-state index in [1.165, 1.54) is 24.3 Å². The van der Waals surface area contributed by atoms with E-state index in [1.807, 2.05) is 0 Å². The predicted molar refractivity (Wildman–Crippen MR) is 80.6 cm³/mol. The quantitative estimate of drug-likeness (QED) is 0.731. The third-order valence-corrected chi connectivity index (χ3v) is 3.82. The molecule has 2 rings (SSSR count). The van der Waals surface area contributed by atoms with Crippen LogP contribution in [0.4, 0.5) is 20.2 Å². The van der Waals surface area contributed by atoms with Gasteiger partial charge >= 0.3 is 0 Å². The molecule has 0 saturated heterocycles. The summed E-state index contributed by atoms with van der Waals surface area (Å²) in [4.78, 5) is 12.1. The zero-order valence-corrected chi connectivity index (χ0v) is 13.1. The molecule has 0 aliphatic carbocycles. The van der Waals surface area contributed by atoms with Crippen molar-refractivity contribution in [3.8, 4) is 0 Å². The Hall–Kier alpha value is -1.47. The molecule has 3 nitrogen and oxygen atoms in total. The molecule has 3 N–H and O–H groups in total. The lowest BCUT2D eigenvalue weighted by molar-refractivity contribution is 0.102. The molecule has 0 radical (unpaired) electrons. The van der Waals surface area contributed by atoms with Crippen molar-refractivity contribution in [3.05, 3.63) is 56.5 Å². The number of hydrogen-bond acceptors (Lipinski definition) is 2. The first-order valence-corrected chi connectivity index (χ1v) is 6.98. The van der Waals surface area contributed by atoms with Crippen LogP contribution in [0.5, 0.6) is 0 Å². The Morgan fingerprint density at radius 2 is 1.80 bits per heavy atom. The van der Waals surface area contributed by atoms with Crippen molar-refractivity contribution in [2.75, 3.05) is 11.1 Å². The molecule has 0 spiro atoms. The van der Waals surface area contributed by atoms with Crippen LogP contribution < -0.4 is 11.1 Å². The minimum atomic E-state index is -0.614. The Morgan fingerprint density at radius 3 is 2.45 bits per heavy atom. The Kier molecular flexibility index (Phi) is 4.39. The lowest BCUT2D eigenvalue weighted by Gasteiger charge is -2.10. The first-order chi connectivity index (χ1) is 9.38. The number of benzene rings is 2. The summed E-state index contributed by atoms with van der Waals surface area (Å²) in [6.45, 7) is 0. The summed E-state index contributed by atoms with van der Waals surface area (Å²) in [6.07, 6.45) is 0. The molecule has 20 heavy (non-hydrogen) atoms. The summed E-state index contributed by atoms with van der Waals surface area (Å²) in [5.74, 6) is -1.53. The van der Waals surface area contributed by atoms with E-state index in [0.29, 0.717) is 10.2 Å². The molecule has 0 saturated carbocycles. The normalized spacial score (nSPS) is 10.4. The molecule has 7 heteroatoms. The van der Waals surface area contributed by atoms with Gasteiger partial charge in [-0.1, -0.05) is 0 Å². The summed E-state index contributed by atoms with van der Waals surface area (Å²) < 4.78 is 26.9. The van der Waals surface area contributed by atoms with Gasteiger partial charge < -0.3 is 11.1 Å². The van der Waals surface area contributed by atoms with E-state index in [9.17, 15) is 13.6 Å². The number of halogens is 4. The van der Waals surface area contributed by atoms with Gasteiger partial charge in [-0.15, -0.1) is 0 Å². The van der Waals surface area contributed by atoms with Crippen molar-refractivity contribution >= 4 is 49.1 Å². The molecule has 2 aromatic rings. The number of carbonyl (C=O) groups excluding carboxylic acids is 1. The number of rotatable bonds is 2. The van der Waals surface area contributed by atoms with Gasteiger partial charge in [0.25, 0.3) is 5.91 Å². The van der Waals surface area contributed by atoms with E-state index < -0.39 is 17.5 Å². The van der Waals surface area contributed by atoms with Crippen LogP contribution in [0.25, 0.3) is 0 Å². The van der Waals surface area contributed by atoms with E-state index in [4.69, 9.17) is 5.73 Å². The van der Waals surface area contributed by atoms with Gasteiger partial charge in [0.05, 0.1) is 16.9 Å². The van der Waals surface area contributed by atoms with Gasteiger partial charge in [-0.25, -0.2) is 8.78 Å². The Balaban J connectivity index is 2.31. The summed E-state index contributed by atoms with van der Waals surface area (Å²) >= 11 is 6.24. The lowest BCUT2D eigenvalue weighted by atomic mass is 10.1. The summed E-state index contributed by atoms with van der Waals surface area (Å²) in [7, 11) is 0. The second kappa shape index (κ2) is 5.88. The van der Waals surface area contributed by atoms with Crippen LogP contribution in [0.1, 0.15) is 10.4 Å². The van der Waals surface area contributed by atoms with Gasteiger partial charge in [-0.2, -0.15) is 0 Å². The highest BCUT2D eigenvalue weighted by atomic mass is 79.9. The molecule has 0 aliphatic rings. The molecule has 0 heterocycles. The van der Waals surface area contributed by atoms with Crippen molar-refractivity contribution in [2.45, 2.75) is 0 Å². The largest absolute Gasteiger partial charge is 0.396 e. The number of hydrogen-bond donors (Lipinski definition) is 2. The summed E-state index contributed by atoms with van der Waals surface area (Å²) in [5, 5.41) is 2.58. The van der Waals surface area contributed by atoms with Gasteiger partial charge in [0.2, 0.25) is 0 Å². The molecule has 0 unspecified atom stereocenters. The Labute approximate surface area is 130 Å². The van der Waals surface area contributed by atoms with Crippen LogP contribution in [0.2, 0.25) is 0 Å². The molecule has 0 fully saturated rings. The van der Waals surface area contributed by atoms with Crippen molar-refractivity contribution in [1.29, 1.82) is 0 Å². The molecule has 0 aliphatic heterocycles. The van der Waals surface area contributed by atoms with Crippen molar-refractivity contribution < 1.29 is 13.6 Å². The molecule has 0 aromatic heterocycles. The maximum absolute atomic E-state index is 13.2. The van der Waals surface area contributed by atoms with Gasteiger partial charge in [0, 0.05) is 8.95 Å². The topological polar surface area (TPSA) is 55.1 Å². The van der Waals surface area contributed by atoms with Crippen LogP contribution in [-0.4, -0.2) is 5.91 Å². The summed E-state index contributed by atoms with van der Waals surface area (Å²) in [5.41, 5.74) is 5.88. The van der Waals surface area contributed by atoms with Crippen LogP contribution in [0.15, 0.2) is 39.3 Å². The predicted octanol–water partition coefficient (Wildman–Crippen LogP) is 4.32. The van der Waals surface area contributed by atoms with Gasteiger partial charge in [0.15, 0.2) is 0 Å². The fraction of sp³-hybridized carbons (Fsp3) is 0. The van der Waals surface area contributed by atoms with Gasteiger partial charge in [0.1, 0.15) is 11.6 Å². The SMILES string of the molecule is Nc1cc(C(=O)Nc2ccc(F)cc2Br)c(Br)cc1F. The van der Waals surface area contributed by atoms with E-state index in [0.717, 1.165) is 6.07 Å². The molecule has 1 amide bonds. The van der Waals surface area contributed by atoms with E-state index in [2.05, 4.69) is 37.2 Å².